The first kappa shape index (κ1) is 15.4. The van der Waals surface area contributed by atoms with E-state index in [0.717, 1.165) is 11.9 Å². The van der Waals surface area contributed by atoms with E-state index < -0.39 is 5.54 Å². The van der Waals surface area contributed by atoms with Gasteiger partial charge in [0.15, 0.2) is 0 Å². The Hall–Kier alpha value is -2.50. The molecule has 1 aromatic carbocycles. The van der Waals surface area contributed by atoms with Gasteiger partial charge in [0.1, 0.15) is 11.2 Å². The maximum atomic E-state index is 12.9. The number of hydrogen-bond acceptors (Lipinski definition) is 4. The Bertz CT molecular complexity index is 761. The van der Waals surface area contributed by atoms with E-state index in [0.29, 0.717) is 25.0 Å². The Balaban J connectivity index is 1.92. The minimum absolute atomic E-state index is 0.111. The zero-order valence-corrected chi connectivity index (χ0v) is 13.4. The highest BCUT2D eigenvalue weighted by Gasteiger charge is 2.46. The molecule has 6 heteroatoms. The molecule has 2 heterocycles. The molecule has 0 radical (unpaired) electrons. The predicted octanol–water partition coefficient (Wildman–Crippen LogP) is 1.76. The second-order valence-electron chi connectivity index (χ2n) is 5.94. The minimum atomic E-state index is -0.819. The fraction of sp³-hybridized carbons (Fsp3) is 0.412. The van der Waals surface area contributed by atoms with Gasteiger partial charge in [-0.05, 0) is 38.8 Å². The quantitative estimate of drug-likeness (QED) is 0.937. The number of amides is 2. The van der Waals surface area contributed by atoms with Gasteiger partial charge in [-0.25, -0.2) is 4.98 Å². The van der Waals surface area contributed by atoms with Crippen molar-refractivity contribution in [2.24, 2.45) is 0 Å². The molecule has 1 N–H and O–H groups in total. The number of nitrogens with one attached hydrogen (secondary N) is 1. The molecule has 1 aliphatic rings. The molecule has 1 saturated heterocycles. The summed E-state index contributed by atoms with van der Waals surface area (Å²) < 4.78 is 0. The van der Waals surface area contributed by atoms with E-state index in [1.807, 2.05) is 38.1 Å². The molecule has 1 aliphatic heterocycles. The fourth-order valence-electron chi connectivity index (χ4n) is 3.07. The lowest BCUT2D eigenvalue weighted by molar-refractivity contribution is -0.129. The highest BCUT2D eigenvalue weighted by molar-refractivity contribution is 5.99. The summed E-state index contributed by atoms with van der Waals surface area (Å²) in [6.45, 7) is 4.79. The van der Waals surface area contributed by atoms with E-state index in [4.69, 9.17) is 0 Å². The van der Waals surface area contributed by atoms with E-state index >= 15 is 0 Å². The predicted molar refractivity (Wildman–Crippen MR) is 86.9 cm³/mol. The van der Waals surface area contributed by atoms with Crippen LogP contribution < -0.4 is 5.32 Å². The SMILES string of the molecule is CCNC(=O)C1(C)CCCN1C(=O)c1cnc2ccccc2n1. The number of nitrogens with zero attached hydrogens (tertiary/aromatic N) is 3. The smallest absolute Gasteiger partial charge is 0.274 e. The highest BCUT2D eigenvalue weighted by Crippen LogP contribution is 2.30. The number of hydrogen-bond donors (Lipinski definition) is 1. The largest absolute Gasteiger partial charge is 0.354 e. The third-order valence-corrected chi connectivity index (χ3v) is 4.38. The molecule has 2 amide bonds. The van der Waals surface area contributed by atoms with Crippen molar-refractivity contribution in [1.29, 1.82) is 0 Å². The van der Waals surface area contributed by atoms with E-state index in [-0.39, 0.29) is 17.5 Å². The molecule has 120 valence electrons. The molecule has 0 bridgehead atoms. The lowest BCUT2D eigenvalue weighted by atomic mass is 9.97. The summed E-state index contributed by atoms with van der Waals surface area (Å²) in [5.74, 6) is -0.353. The van der Waals surface area contributed by atoms with Crippen molar-refractivity contribution in [1.82, 2.24) is 20.2 Å². The lowest BCUT2D eigenvalue weighted by Gasteiger charge is -2.33. The summed E-state index contributed by atoms with van der Waals surface area (Å²) >= 11 is 0. The summed E-state index contributed by atoms with van der Waals surface area (Å²) in [5, 5.41) is 2.83. The first-order chi connectivity index (χ1) is 11.1. The molecular weight excluding hydrogens is 292 g/mol. The summed E-state index contributed by atoms with van der Waals surface area (Å²) in [6.07, 6.45) is 2.95. The van der Waals surface area contributed by atoms with Crippen molar-refractivity contribution in [3.8, 4) is 0 Å². The van der Waals surface area contributed by atoms with Crippen LogP contribution in [0.5, 0.6) is 0 Å². The number of carbonyl (C=O) groups is 2. The maximum Gasteiger partial charge on any atom is 0.274 e. The zero-order chi connectivity index (χ0) is 16.4. The number of likely N-dealkylation sites (N-methyl/N-ethyl adjacent to an activating group) is 1. The van der Waals surface area contributed by atoms with Crippen LogP contribution in [0.3, 0.4) is 0 Å². The molecule has 3 rings (SSSR count). The van der Waals surface area contributed by atoms with Crippen LogP contribution in [0.25, 0.3) is 11.0 Å². The number of benzene rings is 1. The van der Waals surface area contributed by atoms with Gasteiger partial charge in [-0.15, -0.1) is 0 Å². The molecular formula is C17H20N4O2. The summed E-state index contributed by atoms with van der Waals surface area (Å²) in [4.78, 5) is 35.6. The van der Waals surface area contributed by atoms with Crippen molar-refractivity contribution in [2.75, 3.05) is 13.1 Å². The second kappa shape index (κ2) is 5.95. The van der Waals surface area contributed by atoms with Crippen molar-refractivity contribution in [2.45, 2.75) is 32.2 Å². The molecule has 1 aromatic heterocycles. The van der Waals surface area contributed by atoms with Crippen LogP contribution in [0, 0.1) is 0 Å². The van der Waals surface area contributed by atoms with Crippen LogP contribution >= 0.6 is 0 Å². The fourth-order valence-corrected chi connectivity index (χ4v) is 3.07. The number of carbonyl (C=O) groups excluding carboxylic acids is 2. The number of fused-ring (bicyclic) bond motifs is 1. The maximum absolute atomic E-state index is 12.9. The van der Waals surface area contributed by atoms with Crippen molar-refractivity contribution >= 4 is 22.8 Å². The van der Waals surface area contributed by atoms with Crippen molar-refractivity contribution in [3.63, 3.8) is 0 Å². The van der Waals surface area contributed by atoms with Crippen molar-refractivity contribution < 1.29 is 9.59 Å². The van der Waals surface area contributed by atoms with Crippen LogP contribution in [0.2, 0.25) is 0 Å². The topological polar surface area (TPSA) is 75.2 Å². The van der Waals surface area contributed by atoms with E-state index in [1.165, 1.54) is 6.20 Å². The standard InChI is InChI=1S/C17H20N4O2/c1-3-18-16(23)17(2)9-6-10-21(17)15(22)14-11-19-12-7-4-5-8-13(12)20-14/h4-5,7-8,11H,3,6,9-10H2,1-2H3,(H,18,23). The van der Waals surface area contributed by atoms with Gasteiger partial charge >= 0.3 is 0 Å². The Morgan fingerprint density at radius 3 is 2.78 bits per heavy atom. The zero-order valence-electron chi connectivity index (χ0n) is 13.4. The van der Waals surface area contributed by atoms with Gasteiger partial charge < -0.3 is 10.2 Å². The first-order valence-corrected chi connectivity index (χ1v) is 7.88. The van der Waals surface area contributed by atoms with Gasteiger partial charge in [-0.1, -0.05) is 12.1 Å². The molecule has 0 spiro atoms. The molecule has 1 fully saturated rings. The molecule has 1 atom stereocenters. The van der Waals surface area contributed by atoms with Gasteiger partial charge in [-0.3, -0.25) is 14.6 Å². The average molecular weight is 312 g/mol. The van der Waals surface area contributed by atoms with Gasteiger partial charge in [-0.2, -0.15) is 0 Å². The molecule has 0 saturated carbocycles. The van der Waals surface area contributed by atoms with E-state index in [9.17, 15) is 9.59 Å². The Morgan fingerprint density at radius 2 is 2.04 bits per heavy atom. The summed E-state index contributed by atoms with van der Waals surface area (Å²) in [5.41, 5.74) is 0.885. The lowest BCUT2D eigenvalue weighted by Crippen LogP contribution is -2.55. The van der Waals surface area contributed by atoms with Crippen LogP contribution in [0.15, 0.2) is 30.5 Å². The Labute approximate surface area is 134 Å². The molecule has 2 aromatic rings. The highest BCUT2D eigenvalue weighted by atomic mass is 16.2. The summed E-state index contributed by atoms with van der Waals surface area (Å²) in [6, 6.07) is 7.42. The van der Waals surface area contributed by atoms with Gasteiger partial charge in [0.25, 0.3) is 5.91 Å². The number of likely N-dealkylation sites (tertiary alicyclic amines) is 1. The van der Waals surface area contributed by atoms with Crippen LogP contribution in [0.4, 0.5) is 0 Å². The number of para-hydroxylation sites is 2. The second-order valence-corrected chi connectivity index (χ2v) is 5.94. The molecule has 0 aliphatic carbocycles. The van der Waals surface area contributed by atoms with Gasteiger partial charge in [0.05, 0.1) is 17.2 Å². The van der Waals surface area contributed by atoms with Crippen LogP contribution in [-0.4, -0.2) is 45.3 Å². The molecule has 6 nitrogen and oxygen atoms in total. The normalized spacial score (nSPS) is 20.7. The van der Waals surface area contributed by atoms with Gasteiger partial charge in [0, 0.05) is 13.1 Å². The first-order valence-electron chi connectivity index (χ1n) is 7.88. The minimum Gasteiger partial charge on any atom is -0.354 e. The third kappa shape index (κ3) is 2.65. The van der Waals surface area contributed by atoms with Gasteiger partial charge in [0.2, 0.25) is 5.91 Å². The molecule has 1 unspecified atom stereocenters. The Kier molecular flexibility index (Phi) is 3.98. The monoisotopic (exact) mass is 312 g/mol. The third-order valence-electron chi connectivity index (χ3n) is 4.38. The van der Waals surface area contributed by atoms with Crippen LogP contribution in [-0.2, 0) is 4.79 Å². The number of rotatable bonds is 3. The van der Waals surface area contributed by atoms with Crippen molar-refractivity contribution in [3.05, 3.63) is 36.2 Å². The molecule has 23 heavy (non-hydrogen) atoms. The average Bonchev–Trinajstić information content (AvgIpc) is 2.97. The van der Waals surface area contributed by atoms with Crippen LogP contribution in [0.1, 0.15) is 37.2 Å². The number of aromatic nitrogens is 2. The van der Waals surface area contributed by atoms with E-state index in [2.05, 4.69) is 15.3 Å². The Morgan fingerprint density at radius 1 is 1.30 bits per heavy atom. The van der Waals surface area contributed by atoms with E-state index in [1.54, 1.807) is 4.90 Å². The summed E-state index contributed by atoms with van der Waals surface area (Å²) in [7, 11) is 0.